The summed E-state index contributed by atoms with van der Waals surface area (Å²) in [5.74, 6) is 0.934. The molecule has 0 radical (unpaired) electrons. The summed E-state index contributed by atoms with van der Waals surface area (Å²) in [7, 11) is 4.09. The third-order valence-electron chi connectivity index (χ3n) is 2.79. The van der Waals surface area contributed by atoms with Gasteiger partial charge in [-0.25, -0.2) is 0 Å². The average Bonchev–Trinajstić information content (AvgIpc) is 2.24. The quantitative estimate of drug-likeness (QED) is 0.771. The lowest BCUT2D eigenvalue weighted by Crippen LogP contribution is -2.51. The number of nitrogens with zero attached hydrogens (tertiary/aromatic N) is 1. The maximum absolute atomic E-state index is 5.69. The van der Waals surface area contributed by atoms with Crippen molar-refractivity contribution >= 4 is 5.69 Å². The number of ether oxygens (including phenoxy) is 1. The largest absolute Gasteiger partial charge is 0.492 e. The molecule has 0 atom stereocenters. The zero-order valence-corrected chi connectivity index (χ0v) is 10.6. The van der Waals surface area contributed by atoms with Gasteiger partial charge >= 0.3 is 0 Å². The molecule has 0 amide bonds. The van der Waals surface area contributed by atoms with Gasteiger partial charge in [-0.15, -0.1) is 0 Å². The van der Waals surface area contributed by atoms with Gasteiger partial charge in [0.15, 0.2) is 0 Å². The molecule has 0 spiro atoms. The summed E-state index contributed by atoms with van der Waals surface area (Å²) in [6.45, 7) is 3.75. The van der Waals surface area contributed by atoms with Gasteiger partial charge in [0.25, 0.3) is 0 Å². The first-order valence-electron chi connectivity index (χ1n) is 6.09. The monoisotopic (exact) mass is 235 g/mol. The molecular formula is C13H21N3O. The second-order valence-electron chi connectivity index (χ2n) is 4.68. The maximum atomic E-state index is 5.69. The Morgan fingerprint density at radius 1 is 1.41 bits per heavy atom. The van der Waals surface area contributed by atoms with E-state index in [2.05, 4.69) is 27.7 Å². The van der Waals surface area contributed by atoms with E-state index in [9.17, 15) is 0 Å². The van der Waals surface area contributed by atoms with Gasteiger partial charge in [-0.05, 0) is 26.2 Å². The normalized spacial score (nSPS) is 15.7. The fourth-order valence-corrected chi connectivity index (χ4v) is 1.65. The molecule has 94 valence electrons. The molecule has 0 bridgehead atoms. The number of anilines is 1. The first kappa shape index (κ1) is 12.2. The van der Waals surface area contributed by atoms with Crippen molar-refractivity contribution in [2.24, 2.45) is 0 Å². The molecule has 0 aromatic heterocycles. The molecule has 2 rings (SSSR count). The summed E-state index contributed by atoms with van der Waals surface area (Å²) in [4.78, 5) is 2.11. The Morgan fingerprint density at radius 2 is 2.24 bits per heavy atom. The van der Waals surface area contributed by atoms with E-state index in [-0.39, 0.29) is 0 Å². The molecule has 0 unspecified atom stereocenters. The highest BCUT2D eigenvalue weighted by Crippen LogP contribution is 2.18. The van der Waals surface area contributed by atoms with Crippen molar-refractivity contribution in [3.8, 4) is 5.75 Å². The average molecular weight is 235 g/mol. The van der Waals surface area contributed by atoms with Crippen LogP contribution >= 0.6 is 0 Å². The van der Waals surface area contributed by atoms with E-state index in [0.717, 1.165) is 37.7 Å². The molecule has 1 aromatic rings. The van der Waals surface area contributed by atoms with Gasteiger partial charge in [0.1, 0.15) is 12.4 Å². The van der Waals surface area contributed by atoms with Gasteiger partial charge in [0.05, 0.1) is 6.04 Å². The molecule has 2 N–H and O–H groups in total. The summed E-state index contributed by atoms with van der Waals surface area (Å²) in [5, 5.41) is 6.71. The van der Waals surface area contributed by atoms with Gasteiger partial charge in [0.2, 0.25) is 0 Å². The van der Waals surface area contributed by atoms with Crippen LogP contribution in [0.5, 0.6) is 5.75 Å². The number of likely N-dealkylation sites (N-methyl/N-ethyl adjacent to an activating group) is 1. The van der Waals surface area contributed by atoms with E-state index < -0.39 is 0 Å². The molecule has 1 aromatic carbocycles. The molecule has 0 saturated carbocycles. The summed E-state index contributed by atoms with van der Waals surface area (Å²) in [6, 6.07) is 8.73. The van der Waals surface area contributed by atoms with E-state index >= 15 is 0 Å². The van der Waals surface area contributed by atoms with Crippen LogP contribution < -0.4 is 15.4 Å². The van der Waals surface area contributed by atoms with Crippen LogP contribution in [-0.4, -0.2) is 51.3 Å². The highest BCUT2D eigenvalue weighted by Gasteiger charge is 2.15. The van der Waals surface area contributed by atoms with Gasteiger partial charge in [-0.3, -0.25) is 0 Å². The van der Waals surface area contributed by atoms with Gasteiger partial charge < -0.3 is 20.3 Å². The van der Waals surface area contributed by atoms with Gasteiger partial charge in [-0.2, -0.15) is 0 Å². The van der Waals surface area contributed by atoms with Crippen molar-refractivity contribution in [3.63, 3.8) is 0 Å². The van der Waals surface area contributed by atoms with Crippen LogP contribution in [0.2, 0.25) is 0 Å². The standard InChI is InChI=1S/C13H21N3O/c1-16(2)6-7-17-13-5-3-4-11(8-13)15-12-9-14-10-12/h3-5,8,12,14-15H,6-7,9-10H2,1-2H3. The van der Waals surface area contributed by atoms with Crippen LogP contribution in [0.25, 0.3) is 0 Å². The molecule has 1 aliphatic rings. The molecule has 1 saturated heterocycles. The lowest BCUT2D eigenvalue weighted by atomic mass is 10.1. The van der Waals surface area contributed by atoms with Gasteiger partial charge in [-0.1, -0.05) is 6.07 Å². The van der Waals surface area contributed by atoms with E-state index in [1.165, 1.54) is 0 Å². The molecule has 0 aliphatic carbocycles. The zero-order valence-electron chi connectivity index (χ0n) is 10.6. The van der Waals surface area contributed by atoms with Crippen LogP contribution in [0.1, 0.15) is 0 Å². The van der Waals surface area contributed by atoms with Crippen LogP contribution in [-0.2, 0) is 0 Å². The van der Waals surface area contributed by atoms with Crippen LogP contribution in [0.3, 0.4) is 0 Å². The predicted octanol–water partition coefficient (Wildman–Crippen LogP) is 1.01. The Bertz CT molecular complexity index is 350. The Kier molecular flexibility index (Phi) is 4.23. The molecule has 4 heteroatoms. The second kappa shape index (κ2) is 5.89. The van der Waals surface area contributed by atoms with Crippen molar-refractivity contribution in [2.45, 2.75) is 6.04 Å². The minimum absolute atomic E-state index is 0.562. The van der Waals surface area contributed by atoms with E-state index in [4.69, 9.17) is 4.74 Å². The second-order valence-corrected chi connectivity index (χ2v) is 4.68. The molecule has 1 fully saturated rings. The van der Waals surface area contributed by atoms with Crippen molar-refractivity contribution in [3.05, 3.63) is 24.3 Å². The fraction of sp³-hybridized carbons (Fsp3) is 0.538. The van der Waals surface area contributed by atoms with Crippen LogP contribution in [0.15, 0.2) is 24.3 Å². The SMILES string of the molecule is CN(C)CCOc1cccc(NC2CNC2)c1. The third kappa shape index (κ3) is 3.91. The lowest BCUT2D eigenvalue weighted by molar-refractivity contribution is 0.261. The summed E-state index contributed by atoms with van der Waals surface area (Å²) >= 11 is 0. The minimum atomic E-state index is 0.562. The van der Waals surface area contributed by atoms with Crippen LogP contribution in [0, 0.1) is 0 Å². The predicted molar refractivity (Wildman–Crippen MR) is 70.8 cm³/mol. The summed E-state index contributed by atoms with van der Waals surface area (Å²) < 4.78 is 5.69. The van der Waals surface area contributed by atoms with E-state index in [1.54, 1.807) is 0 Å². The first-order valence-corrected chi connectivity index (χ1v) is 6.09. The minimum Gasteiger partial charge on any atom is -0.492 e. The molecule has 1 aliphatic heterocycles. The highest BCUT2D eigenvalue weighted by atomic mass is 16.5. The zero-order chi connectivity index (χ0) is 12.1. The number of hydrogen-bond acceptors (Lipinski definition) is 4. The summed E-state index contributed by atoms with van der Waals surface area (Å²) in [5.41, 5.74) is 1.14. The molecule has 4 nitrogen and oxygen atoms in total. The van der Waals surface area contributed by atoms with Gasteiger partial charge in [0, 0.05) is 31.4 Å². The summed E-state index contributed by atoms with van der Waals surface area (Å²) in [6.07, 6.45) is 0. The smallest absolute Gasteiger partial charge is 0.121 e. The Labute approximate surface area is 103 Å². The number of hydrogen-bond donors (Lipinski definition) is 2. The maximum Gasteiger partial charge on any atom is 0.121 e. The van der Waals surface area contributed by atoms with Crippen molar-refractivity contribution in [1.82, 2.24) is 10.2 Å². The molecule has 1 heterocycles. The van der Waals surface area contributed by atoms with E-state index in [0.29, 0.717) is 6.04 Å². The van der Waals surface area contributed by atoms with E-state index in [1.807, 2.05) is 26.2 Å². The Hall–Kier alpha value is -1.26. The number of benzene rings is 1. The van der Waals surface area contributed by atoms with Crippen molar-refractivity contribution in [2.75, 3.05) is 45.7 Å². The molecule has 17 heavy (non-hydrogen) atoms. The third-order valence-corrected chi connectivity index (χ3v) is 2.79. The van der Waals surface area contributed by atoms with Crippen LogP contribution in [0.4, 0.5) is 5.69 Å². The Morgan fingerprint density at radius 3 is 2.88 bits per heavy atom. The number of rotatable bonds is 6. The van der Waals surface area contributed by atoms with Crippen molar-refractivity contribution < 1.29 is 4.74 Å². The lowest BCUT2D eigenvalue weighted by Gasteiger charge is -2.29. The van der Waals surface area contributed by atoms with Crippen molar-refractivity contribution in [1.29, 1.82) is 0 Å². The Balaban J connectivity index is 1.82. The fourth-order valence-electron chi connectivity index (χ4n) is 1.65. The highest BCUT2D eigenvalue weighted by molar-refractivity contribution is 5.49. The number of nitrogens with one attached hydrogen (secondary N) is 2. The topological polar surface area (TPSA) is 36.5 Å². The molecular weight excluding hydrogens is 214 g/mol. The first-order chi connectivity index (χ1) is 8.24.